The number of hydrogen-bond donors (Lipinski definition) is 2. The zero-order valence-electron chi connectivity index (χ0n) is 15.0. The molecule has 1 aromatic rings. The molecule has 1 aliphatic heterocycles. The normalized spacial score (nSPS) is 18.6. The summed E-state index contributed by atoms with van der Waals surface area (Å²) in [5.41, 5.74) is 0.345. The van der Waals surface area contributed by atoms with Gasteiger partial charge in [-0.15, -0.1) is 0 Å². The Morgan fingerprint density at radius 3 is 2.57 bits per heavy atom. The van der Waals surface area contributed by atoms with Gasteiger partial charge in [0.2, 0.25) is 5.88 Å². The van der Waals surface area contributed by atoms with Crippen molar-refractivity contribution in [1.82, 2.24) is 15.3 Å². The summed E-state index contributed by atoms with van der Waals surface area (Å²) in [6.45, 7) is 2.58. The van der Waals surface area contributed by atoms with Gasteiger partial charge in [0.05, 0.1) is 35.6 Å². The van der Waals surface area contributed by atoms with E-state index in [2.05, 4.69) is 20.0 Å². The van der Waals surface area contributed by atoms with E-state index in [4.69, 9.17) is 4.74 Å². The van der Waals surface area contributed by atoms with Gasteiger partial charge in [0.25, 0.3) is 0 Å². The lowest BCUT2D eigenvalue weighted by Gasteiger charge is -2.26. The van der Waals surface area contributed by atoms with Crippen LogP contribution in [-0.2, 0) is 15.8 Å². The second kappa shape index (κ2) is 9.32. The van der Waals surface area contributed by atoms with Crippen molar-refractivity contribution < 1.29 is 35.8 Å². The third kappa shape index (κ3) is 5.41. The molecule has 2 atom stereocenters. The lowest BCUT2D eigenvalue weighted by Crippen LogP contribution is -2.34. The molecule has 28 heavy (non-hydrogen) atoms. The van der Waals surface area contributed by atoms with Crippen molar-refractivity contribution in [2.45, 2.75) is 38.7 Å². The van der Waals surface area contributed by atoms with Gasteiger partial charge in [0.1, 0.15) is 11.5 Å². The zero-order valence-corrected chi connectivity index (χ0v) is 15.8. The Labute approximate surface area is 161 Å². The molecule has 0 fully saturated rings. The SMILES string of the molecule is CCCOC1=CC(S(=O)O)=C(c2cnc(OCC(F)(F)C(F)F)cn2)NC1C. The first kappa shape index (κ1) is 22.1. The summed E-state index contributed by atoms with van der Waals surface area (Å²) in [6.07, 6.45) is 0.397. The van der Waals surface area contributed by atoms with Crippen molar-refractivity contribution in [3.63, 3.8) is 0 Å². The maximum absolute atomic E-state index is 12.9. The molecule has 7 nitrogen and oxygen atoms in total. The third-order valence-electron chi connectivity index (χ3n) is 3.58. The fourth-order valence-electron chi connectivity index (χ4n) is 2.16. The van der Waals surface area contributed by atoms with Crippen molar-refractivity contribution in [1.29, 1.82) is 0 Å². The average Bonchev–Trinajstić information content (AvgIpc) is 2.65. The molecule has 0 aromatic carbocycles. The van der Waals surface area contributed by atoms with E-state index in [1.807, 2.05) is 6.92 Å². The van der Waals surface area contributed by atoms with E-state index in [1.54, 1.807) is 6.92 Å². The number of rotatable bonds is 9. The summed E-state index contributed by atoms with van der Waals surface area (Å²) < 4.78 is 81.4. The second-order valence-corrected chi connectivity index (χ2v) is 6.78. The van der Waals surface area contributed by atoms with Crippen LogP contribution in [0.4, 0.5) is 17.6 Å². The van der Waals surface area contributed by atoms with Gasteiger partial charge in [-0.3, -0.25) is 0 Å². The third-order valence-corrected chi connectivity index (χ3v) is 4.28. The molecule has 0 aliphatic carbocycles. The Bertz CT molecular complexity index is 772. The Morgan fingerprint density at radius 2 is 2.04 bits per heavy atom. The quantitative estimate of drug-likeness (QED) is 0.464. The summed E-state index contributed by atoms with van der Waals surface area (Å²) in [4.78, 5) is 7.68. The molecule has 1 aliphatic rings. The van der Waals surface area contributed by atoms with Gasteiger partial charge >= 0.3 is 12.3 Å². The lowest BCUT2D eigenvalue weighted by molar-refractivity contribution is -0.148. The number of nitrogens with one attached hydrogen (secondary N) is 1. The van der Waals surface area contributed by atoms with Gasteiger partial charge < -0.3 is 19.3 Å². The number of halogens is 4. The maximum Gasteiger partial charge on any atom is 0.340 e. The Hall–Kier alpha value is -2.21. The van der Waals surface area contributed by atoms with E-state index in [-0.39, 0.29) is 28.2 Å². The number of ether oxygens (including phenoxy) is 2. The predicted octanol–water partition coefficient (Wildman–Crippen LogP) is 2.95. The van der Waals surface area contributed by atoms with Crippen LogP contribution in [0.25, 0.3) is 5.70 Å². The molecular weight excluding hydrogens is 406 g/mol. The second-order valence-electron chi connectivity index (χ2n) is 5.84. The predicted molar refractivity (Wildman–Crippen MR) is 93.1 cm³/mol. The summed E-state index contributed by atoms with van der Waals surface area (Å²) in [5.74, 6) is -4.22. The number of alkyl halides is 4. The highest BCUT2D eigenvalue weighted by atomic mass is 32.2. The minimum atomic E-state index is -4.32. The van der Waals surface area contributed by atoms with Gasteiger partial charge in [-0.2, -0.15) is 8.78 Å². The smallest absolute Gasteiger partial charge is 0.340 e. The van der Waals surface area contributed by atoms with Crippen LogP contribution >= 0.6 is 0 Å². The first-order valence-corrected chi connectivity index (χ1v) is 9.33. The molecule has 2 heterocycles. The monoisotopic (exact) mass is 425 g/mol. The van der Waals surface area contributed by atoms with E-state index in [0.29, 0.717) is 12.4 Å². The van der Waals surface area contributed by atoms with Crippen molar-refractivity contribution in [3.05, 3.63) is 34.8 Å². The van der Waals surface area contributed by atoms with E-state index in [1.165, 1.54) is 6.08 Å². The Morgan fingerprint density at radius 1 is 1.32 bits per heavy atom. The highest BCUT2D eigenvalue weighted by molar-refractivity contribution is 7.83. The summed E-state index contributed by atoms with van der Waals surface area (Å²) in [5, 5.41) is 2.98. The molecule has 0 bridgehead atoms. The van der Waals surface area contributed by atoms with Crippen LogP contribution in [0.1, 0.15) is 26.0 Å². The fourth-order valence-corrected chi connectivity index (χ4v) is 2.72. The van der Waals surface area contributed by atoms with Crippen LogP contribution in [-0.4, -0.2) is 50.3 Å². The number of hydrogen-bond acceptors (Lipinski definition) is 6. The molecule has 0 amide bonds. The minimum Gasteiger partial charge on any atom is -0.496 e. The summed E-state index contributed by atoms with van der Waals surface area (Å²) in [6, 6.07) is -0.323. The fraction of sp³-hybridized carbons (Fsp3) is 0.500. The zero-order chi connectivity index (χ0) is 20.9. The Balaban J connectivity index is 2.23. The molecule has 2 rings (SSSR count). The molecule has 0 radical (unpaired) electrons. The standard InChI is InChI=1S/C16H19F4N3O4S/c1-3-4-26-11-5-12(28(24)25)14(23-9(11)2)10-6-22-13(7-21-10)27-8-16(19,20)15(17)18/h5-7,9,15,23H,3-4,8H2,1-2H3,(H,24,25). The number of allylic oxidation sites excluding steroid dienone is 1. The molecule has 0 saturated carbocycles. The van der Waals surface area contributed by atoms with Gasteiger partial charge in [0.15, 0.2) is 17.7 Å². The van der Waals surface area contributed by atoms with Crippen molar-refractivity contribution in [2.24, 2.45) is 0 Å². The van der Waals surface area contributed by atoms with Crippen LogP contribution in [0.2, 0.25) is 0 Å². The first-order chi connectivity index (χ1) is 13.2. The van der Waals surface area contributed by atoms with Gasteiger partial charge in [-0.25, -0.2) is 23.0 Å². The minimum absolute atomic E-state index is 0.00333. The van der Waals surface area contributed by atoms with Crippen LogP contribution in [0.3, 0.4) is 0 Å². The average molecular weight is 425 g/mol. The highest BCUT2D eigenvalue weighted by Crippen LogP contribution is 2.27. The Kier molecular flexibility index (Phi) is 7.35. The van der Waals surface area contributed by atoms with E-state index < -0.39 is 30.0 Å². The molecule has 156 valence electrons. The van der Waals surface area contributed by atoms with Gasteiger partial charge in [0, 0.05) is 0 Å². The number of aromatic nitrogens is 2. The van der Waals surface area contributed by atoms with Crippen molar-refractivity contribution in [2.75, 3.05) is 13.2 Å². The van der Waals surface area contributed by atoms with Crippen molar-refractivity contribution >= 4 is 16.8 Å². The largest absolute Gasteiger partial charge is 0.496 e. The topological polar surface area (TPSA) is 93.6 Å². The number of dihydropyridines is 1. The van der Waals surface area contributed by atoms with Crippen LogP contribution in [0.5, 0.6) is 5.88 Å². The molecule has 0 spiro atoms. The van der Waals surface area contributed by atoms with E-state index in [0.717, 1.165) is 18.8 Å². The van der Waals surface area contributed by atoms with Gasteiger partial charge in [-0.05, 0) is 19.4 Å². The summed E-state index contributed by atoms with van der Waals surface area (Å²) in [7, 11) is 0. The summed E-state index contributed by atoms with van der Waals surface area (Å²) >= 11 is -2.37. The molecule has 2 N–H and O–H groups in total. The molecule has 1 aromatic heterocycles. The van der Waals surface area contributed by atoms with E-state index in [9.17, 15) is 26.3 Å². The molecular formula is C16H19F4N3O4S. The molecule has 0 saturated heterocycles. The van der Waals surface area contributed by atoms with Crippen LogP contribution in [0.15, 0.2) is 29.1 Å². The van der Waals surface area contributed by atoms with Crippen LogP contribution in [0, 0.1) is 0 Å². The maximum atomic E-state index is 12.9. The van der Waals surface area contributed by atoms with Gasteiger partial charge in [-0.1, -0.05) is 6.92 Å². The van der Waals surface area contributed by atoms with Crippen molar-refractivity contribution in [3.8, 4) is 5.88 Å². The lowest BCUT2D eigenvalue weighted by atomic mass is 10.1. The molecule has 2 unspecified atom stereocenters. The number of nitrogens with zero attached hydrogens (tertiary/aromatic N) is 2. The van der Waals surface area contributed by atoms with E-state index >= 15 is 0 Å². The molecule has 12 heteroatoms. The van der Waals surface area contributed by atoms with Crippen LogP contribution < -0.4 is 10.1 Å². The first-order valence-electron chi connectivity index (χ1n) is 8.23. The highest BCUT2D eigenvalue weighted by Gasteiger charge is 2.41.